The average Bonchev–Trinajstić information content (AvgIpc) is 2.14. The van der Waals surface area contributed by atoms with Gasteiger partial charge in [0.25, 0.3) is 0 Å². The average molecular weight is 192 g/mol. The number of rotatable bonds is 1. The van der Waals surface area contributed by atoms with Gasteiger partial charge in [-0.3, -0.25) is 0 Å². The molecular weight excluding hydrogens is 179 g/mol. The molecule has 0 spiro atoms. The Labute approximate surface area is 82.3 Å². The van der Waals surface area contributed by atoms with Gasteiger partial charge in [0.2, 0.25) is 0 Å². The van der Waals surface area contributed by atoms with Crippen molar-refractivity contribution in [2.24, 2.45) is 11.7 Å². The van der Waals surface area contributed by atoms with Crippen molar-refractivity contribution in [1.82, 2.24) is 5.32 Å². The summed E-state index contributed by atoms with van der Waals surface area (Å²) in [6.07, 6.45) is 0. The van der Waals surface area contributed by atoms with Crippen molar-refractivity contribution in [2.45, 2.75) is 18.0 Å². The highest BCUT2D eigenvalue weighted by atomic mass is 19.1. The molecule has 4 unspecified atom stereocenters. The Morgan fingerprint density at radius 1 is 1.29 bits per heavy atom. The van der Waals surface area contributed by atoms with Crippen LogP contribution in [0.5, 0.6) is 0 Å². The molecule has 4 atom stereocenters. The highest BCUT2D eigenvalue weighted by molar-refractivity contribution is 5.32. The summed E-state index contributed by atoms with van der Waals surface area (Å²) < 4.78 is 12.7. The summed E-state index contributed by atoms with van der Waals surface area (Å²) >= 11 is 0. The molecule has 1 aliphatic carbocycles. The predicted octanol–water partition coefficient (Wildman–Crippen LogP) is 0.838. The number of fused-ring (bicyclic) bond motifs is 1. The molecule has 14 heavy (non-hydrogen) atoms. The zero-order valence-electron chi connectivity index (χ0n) is 7.78. The molecule has 2 nitrogen and oxygen atoms in total. The lowest BCUT2D eigenvalue weighted by Crippen LogP contribution is -2.74. The van der Waals surface area contributed by atoms with Gasteiger partial charge in [0.05, 0.1) is 0 Å². The van der Waals surface area contributed by atoms with E-state index >= 15 is 0 Å². The van der Waals surface area contributed by atoms with E-state index in [1.807, 2.05) is 12.1 Å². The maximum Gasteiger partial charge on any atom is 0.123 e. The van der Waals surface area contributed by atoms with Crippen LogP contribution in [0.3, 0.4) is 0 Å². The Morgan fingerprint density at radius 2 is 2.00 bits per heavy atom. The zero-order valence-corrected chi connectivity index (χ0v) is 7.78. The van der Waals surface area contributed by atoms with E-state index in [2.05, 4.69) is 5.32 Å². The van der Waals surface area contributed by atoms with Crippen LogP contribution < -0.4 is 11.1 Å². The van der Waals surface area contributed by atoms with Gasteiger partial charge in [-0.25, -0.2) is 4.39 Å². The number of benzene rings is 1. The number of hydrogen-bond acceptors (Lipinski definition) is 2. The second-order valence-corrected chi connectivity index (χ2v) is 4.25. The Kier molecular flexibility index (Phi) is 1.66. The van der Waals surface area contributed by atoms with Crippen molar-refractivity contribution in [3.05, 3.63) is 35.6 Å². The van der Waals surface area contributed by atoms with Crippen LogP contribution in [0.15, 0.2) is 24.3 Å². The molecule has 0 radical (unpaired) electrons. The smallest absolute Gasteiger partial charge is 0.123 e. The summed E-state index contributed by atoms with van der Waals surface area (Å²) in [5.74, 6) is 0.846. The van der Waals surface area contributed by atoms with Crippen molar-refractivity contribution < 1.29 is 4.39 Å². The van der Waals surface area contributed by atoms with Gasteiger partial charge in [0, 0.05) is 30.5 Å². The lowest BCUT2D eigenvalue weighted by atomic mass is 9.58. The molecule has 1 aromatic carbocycles. The maximum absolute atomic E-state index is 12.7. The Balaban J connectivity index is 1.85. The third kappa shape index (κ3) is 0.967. The first kappa shape index (κ1) is 8.38. The topological polar surface area (TPSA) is 38.0 Å². The summed E-state index contributed by atoms with van der Waals surface area (Å²) in [5.41, 5.74) is 7.20. The summed E-state index contributed by atoms with van der Waals surface area (Å²) in [5, 5.41) is 3.36. The first-order valence-electron chi connectivity index (χ1n) is 5.02. The fourth-order valence-corrected chi connectivity index (χ4v) is 2.63. The fourth-order valence-electron chi connectivity index (χ4n) is 2.63. The molecule has 1 heterocycles. The van der Waals surface area contributed by atoms with Crippen LogP contribution in [-0.4, -0.2) is 18.6 Å². The van der Waals surface area contributed by atoms with Gasteiger partial charge in [-0.1, -0.05) is 12.1 Å². The molecule has 2 aliphatic rings. The first-order valence-corrected chi connectivity index (χ1v) is 5.02. The zero-order chi connectivity index (χ0) is 9.71. The highest BCUT2D eigenvalue weighted by Crippen LogP contribution is 2.45. The lowest BCUT2D eigenvalue weighted by molar-refractivity contribution is 0.0456. The minimum absolute atomic E-state index is 0.181. The molecule has 0 aromatic heterocycles. The van der Waals surface area contributed by atoms with Crippen molar-refractivity contribution >= 4 is 0 Å². The molecule has 3 heteroatoms. The molecule has 3 rings (SSSR count). The number of nitrogens with one attached hydrogen (secondary N) is 1. The van der Waals surface area contributed by atoms with E-state index in [9.17, 15) is 4.39 Å². The van der Waals surface area contributed by atoms with Crippen LogP contribution in [0.2, 0.25) is 0 Å². The first-order chi connectivity index (χ1) is 6.77. The van der Waals surface area contributed by atoms with Gasteiger partial charge < -0.3 is 11.1 Å². The van der Waals surface area contributed by atoms with Crippen molar-refractivity contribution in [1.29, 1.82) is 0 Å². The fraction of sp³-hybridized carbons (Fsp3) is 0.455. The molecule has 1 saturated carbocycles. The number of hydrogen-bond donors (Lipinski definition) is 2. The van der Waals surface area contributed by atoms with E-state index in [1.165, 1.54) is 12.1 Å². The third-order valence-corrected chi connectivity index (χ3v) is 3.60. The van der Waals surface area contributed by atoms with Gasteiger partial charge in [0.1, 0.15) is 5.82 Å². The van der Waals surface area contributed by atoms with Gasteiger partial charge in [-0.05, 0) is 17.7 Å². The van der Waals surface area contributed by atoms with E-state index < -0.39 is 0 Å². The van der Waals surface area contributed by atoms with E-state index in [-0.39, 0.29) is 11.9 Å². The largest absolute Gasteiger partial charge is 0.327 e. The van der Waals surface area contributed by atoms with Crippen LogP contribution >= 0.6 is 0 Å². The van der Waals surface area contributed by atoms with E-state index in [4.69, 9.17) is 5.73 Å². The molecule has 0 amide bonds. The summed E-state index contributed by atoms with van der Waals surface area (Å²) in [6, 6.07) is 7.50. The van der Waals surface area contributed by atoms with Crippen molar-refractivity contribution in [3.8, 4) is 0 Å². The van der Waals surface area contributed by atoms with Crippen LogP contribution in [0.25, 0.3) is 0 Å². The number of halogens is 1. The Hall–Kier alpha value is -0.930. The number of nitrogens with two attached hydrogens (primary N) is 1. The molecule has 74 valence electrons. The Bertz CT molecular complexity index is 343. The van der Waals surface area contributed by atoms with Gasteiger partial charge >= 0.3 is 0 Å². The van der Waals surface area contributed by atoms with Gasteiger partial charge in [-0.15, -0.1) is 0 Å². The normalized spacial score (nSPS) is 39.6. The standard InChI is InChI=1S/C11H13FN2/c12-7-3-1-6(2-4-7)9-10(13)8-5-14-11(8)9/h1-4,8-11,14H,5,13H2. The van der Waals surface area contributed by atoms with Crippen LogP contribution in [0.1, 0.15) is 11.5 Å². The second-order valence-electron chi connectivity index (χ2n) is 4.25. The molecule has 3 N–H and O–H groups in total. The van der Waals surface area contributed by atoms with Crippen molar-refractivity contribution in [3.63, 3.8) is 0 Å². The number of piperidine rings is 1. The third-order valence-electron chi connectivity index (χ3n) is 3.60. The van der Waals surface area contributed by atoms with E-state index in [1.54, 1.807) is 0 Å². The minimum atomic E-state index is -0.181. The predicted molar refractivity (Wildman–Crippen MR) is 52.4 cm³/mol. The summed E-state index contributed by atoms with van der Waals surface area (Å²) in [4.78, 5) is 0. The van der Waals surface area contributed by atoms with Gasteiger partial charge in [0.15, 0.2) is 0 Å². The molecule has 1 aromatic rings. The summed E-state index contributed by atoms with van der Waals surface area (Å²) in [6.45, 7) is 1.05. The maximum atomic E-state index is 12.7. The SMILES string of the molecule is NC1C2CNC2C1c1ccc(F)cc1. The van der Waals surface area contributed by atoms with Crippen LogP contribution in [0.4, 0.5) is 4.39 Å². The van der Waals surface area contributed by atoms with E-state index in [0.717, 1.165) is 12.1 Å². The molecule has 1 saturated heterocycles. The molecule has 1 aliphatic heterocycles. The van der Waals surface area contributed by atoms with Crippen molar-refractivity contribution in [2.75, 3.05) is 6.54 Å². The second kappa shape index (κ2) is 2.78. The molecule has 2 fully saturated rings. The highest BCUT2D eigenvalue weighted by Gasteiger charge is 2.54. The molecular formula is C11H13FN2. The van der Waals surface area contributed by atoms with Crippen LogP contribution in [-0.2, 0) is 0 Å². The Morgan fingerprint density at radius 3 is 2.50 bits per heavy atom. The van der Waals surface area contributed by atoms with E-state index in [0.29, 0.717) is 17.9 Å². The summed E-state index contributed by atoms with van der Waals surface area (Å²) in [7, 11) is 0. The molecule has 0 bridgehead atoms. The van der Waals surface area contributed by atoms with Crippen LogP contribution in [0, 0.1) is 11.7 Å². The lowest BCUT2D eigenvalue weighted by Gasteiger charge is -2.58. The monoisotopic (exact) mass is 192 g/mol. The van der Waals surface area contributed by atoms with Gasteiger partial charge in [-0.2, -0.15) is 0 Å². The quantitative estimate of drug-likeness (QED) is 0.692. The minimum Gasteiger partial charge on any atom is -0.327 e.